The number of aliphatic hydroxyl groups is 1. The standard InChI is InChI=1S/C25H45NO6.C21H40N2O7.C3H8N2O2/c1-2-21(27)19-20-22(25(31)32)26-23(28)17-15-13-11-9-7-5-3-4-6-8-10-12-14-16-18-24(29)30;1-4-10-27-12-14-29-17-21(26)23-9-11-28-13-15-30-16-20(25)22-8-6-5-7-18(2)19(3)24;4-2(1-6)3(5)7/h22H,2-20H2,1H3,(H,26,28)(H,29,30)(H,31,32);18H,4-17H2,1-3H3,(H,22,25)(H,23,26);2,6H,1,4H2,(H2,5,7)/t;18-;/m.0./s1. The summed E-state index contributed by atoms with van der Waals surface area (Å²) in [5.74, 6) is -2.77. The Morgan fingerprint density at radius 2 is 1.01 bits per heavy atom. The van der Waals surface area contributed by atoms with E-state index < -0.39 is 29.9 Å². The molecule has 404 valence electrons. The highest BCUT2D eigenvalue weighted by molar-refractivity contribution is 5.84. The fourth-order valence-corrected chi connectivity index (χ4v) is 6.06. The van der Waals surface area contributed by atoms with E-state index in [1.165, 1.54) is 51.4 Å². The minimum absolute atomic E-state index is 0.00343. The first-order valence-corrected chi connectivity index (χ1v) is 25.3. The molecule has 0 aromatic carbocycles. The molecule has 0 saturated heterocycles. The van der Waals surface area contributed by atoms with Crippen LogP contribution < -0.4 is 27.4 Å². The van der Waals surface area contributed by atoms with E-state index in [-0.39, 0.29) is 67.9 Å². The van der Waals surface area contributed by atoms with Crippen molar-refractivity contribution in [3.63, 3.8) is 0 Å². The summed E-state index contributed by atoms with van der Waals surface area (Å²) in [7, 11) is 0. The van der Waals surface area contributed by atoms with Crippen molar-refractivity contribution in [1.82, 2.24) is 16.0 Å². The Hall–Kier alpha value is -4.08. The van der Waals surface area contributed by atoms with E-state index in [1.54, 1.807) is 13.8 Å². The minimum Gasteiger partial charge on any atom is -0.481 e. The number of rotatable bonds is 46. The quantitative estimate of drug-likeness (QED) is 0.0389. The molecule has 0 aliphatic heterocycles. The first kappa shape index (κ1) is 69.2. The van der Waals surface area contributed by atoms with Gasteiger partial charge in [0.05, 0.1) is 39.6 Å². The van der Waals surface area contributed by atoms with Gasteiger partial charge in [-0.3, -0.25) is 33.6 Å². The lowest BCUT2D eigenvalue weighted by Crippen LogP contribution is -2.41. The average molecular weight is 992 g/mol. The molecular weight excluding hydrogens is 899 g/mol. The van der Waals surface area contributed by atoms with Crippen molar-refractivity contribution < 1.29 is 72.6 Å². The van der Waals surface area contributed by atoms with Gasteiger partial charge in [0.15, 0.2) is 0 Å². The highest BCUT2D eigenvalue weighted by atomic mass is 16.5. The normalized spacial score (nSPS) is 12.0. The summed E-state index contributed by atoms with van der Waals surface area (Å²) in [6, 6.07) is -1.88. The maximum absolute atomic E-state index is 12.0. The topological polar surface area (TPSA) is 322 Å². The van der Waals surface area contributed by atoms with Gasteiger partial charge in [0.1, 0.15) is 36.9 Å². The summed E-state index contributed by atoms with van der Waals surface area (Å²) in [5, 5.41) is 33.8. The number of carboxylic acids is 2. The number of hydrogen-bond donors (Lipinski definition) is 8. The molecule has 0 fully saturated rings. The Bertz CT molecular complexity index is 1340. The molecule has 4 amide bonds. The van der Waals surface area contributed by atoms with E-state index in [0.29, 0.717) is 72.0 Å². The summed E-state index contributed by atoms with van der Waals surface area (Å²) in [6.45, 7) is 10.5. The fraction of sp³-hybridized carbons (Fsp3) is 0.837. The molecule has 0 radical (unpaired) electrons. The molecule has 20 nitrogen and oxygen atoms in total. The summed E-state index contributed by atoms with van der Waals surface area (Å²) in [4.78, 5) is 89.1. The summed E-state index contributed by atoms with van der Waals surface area (Å²) in [5.41, 5.74) is 9.51. The van der Waals surface area contributed by atoms with Crippen molar-refractivity contribution >= 4 is 47.1 Å². The van der Waals surface area contributed by atoms with Crippen LogP contribution >= 0.6 is 0 Å². The lowest BCUT2D eigenvalue weighted by molar-refractivity contribution is -0.142. The van der Waals surface area contributed by atoms with Gasteiger partial charge in [0, 0.05) is 51.3 Å². The predicted octanol–water partition coefficient (Wildman–Crippen LogP) is 4.52. The van der Waals surface area contributed by atoms with Gasteiger partial charge in [-0.1, -0.05) is 104 Å². The van der Waals surface area contributed by atoms with E-state index in [2.05, 4.69) is 21.7 Å². The average Bonchev–Trinajstić information content (AvgIpc) is 3.31. The largest absolute Gasteiger partial charge is 0.481 e. The number of carboxylic acid groups (broad SMARTS) is 2. The molecule has 0 heterocycles. The molecule has 0 aliphatic rings. The van der Waals surface area contributed by atoms with Gasteiger partial charge in [0.2, 0.25) is 23.6 Å². The molecule has 3 atom stereocenters. The molecule has 0 saturated carbocycles. The van der Waals surface area contributed by atoms with Crippen LogP contribution in [-0.4, -0.2) is 147 Å². The predicted molar refractivity (Wildman–Crippen MR) is 263 cm³/mol. The number of aliphatic hydroxyl groups excluding tert-OH is 1. The molecule has 20 heteroatoms. The number of Topliss-reactive ketones (excluding diaryl/α,β-unsaturated/α-hetero) is 2. The summed E-state index contributed by atoms with van der Waals surface area (Å²) >= 11 is 0. The van der Waals surface area contributed by atoms with Crippen LogP contribution in [0.15, 0.2) is 0 Å². The van der Waals surface area contributed by atoms with Crippen molar-refractivity contribution in [3.8, 4) is 0 Å². The van der Waals surface area contributed by atoms with Crippen LogP contribution in [0.1, 0.15) is 175 Å². The molecule has 2 unspecified atom stereocenters. The minimum atomic E-state index is -1.09. The number of nitrogens with two attached hydrogens (primary N) is 2. The number of ketones is 2. The molecule has 0 aliphatic carbocycles. The van der Waals surface area contributed by atoms with Crippen molar-refractivity contribution in [2.45, 2.75) is 187 Å². The number of primary amides is 1. The van der Waals surface area contributed by atoms with E-state index in [9.17, 15) is 43.5 Å². The first-order valence-electron chi connectivity index (χ1n) is 25.3. The van der Waals surface area contributed by atoms with Crippen LogP contribution in [0, 0.1) is 5.92 Å². The van der Waals surface area contributed by atoms with Crippen LogP contribution in [0.25, 0.3) is 0 Å². The number of nitrogens with one attached hydrogen (secondary N) is 3. The van der Waals surface area contributed by atoms with Gasteiger partial charge < -0.3 is 61.7 Å². The van der Waals surface area contributed by atoms with Crippen LogP contribution in [0.3, 0.4) is 0 Å². The molecule has 0 spiro atoms. The summed E-state index contributed by atoms with van der Waals surface area (Å²) < 4.78 is 21.0. The smallest absolute Gasteiger partial charge is 0.326 e. The van der Waals surface area contributed by atoms with Crippen LogP contribution in [0.2, 0.25) is 0 Å². The van der Waals surface area contributed by atoms with Crippen molar-refractivity contribution in [2.24, 2.45) is 17.4 Å². The maximum atomic E-state index is 12.0. The Balaban J connectivity index is -0.00000111. The molecule has 0 aromatic rings. The number of unbranched alkanes of at least 4 members (excludes halogenated alkanes) is 14. The third-order valence-corrected chi connectivity index (χ3v) is 10.6. The number of aliphatic carboxylic acids is 2. The number of hydrogen-bond acceptors (Lipinski definition) is 14. The first-order chi connectivity index (χ1) is 33.0. The van der Waals surface area contributed by atoms with Crippen LogP contribution in [0.5, 0.6) is 0 Å². The Morgan fingerprint density at radius 3 is 1.43 bits per heavy atom. The third kappa shape index (κ3) is 54.7. The Morgan fingerprint density at radius 1 is 0.551 bits per heavy atom. The third-order valence-electron chi connectivity index (χ3n) is 10.6. The lowest BCUT2D eigenvalue weighted by Gasteiger charge is -2.14. The van der Waals surface area contributed by atoms with Crippen LogP contribution in [0.4, 0.5) is 0 Å². The van der Waals surface area contributed by atoms with E-state index in [1.807, 2.05) is 13.8 Å². The molecule has 0 rings (SSSR count). The second-order valence-electron chi connectivity index (χ2n) is 17.0. The van der Waals surface area contributed by atoms with Gasteiger partial charge in [0.25, 0.3) is 0 Å². The van der Waals surface area contributed by atoms with Gasteiger partial charge in [-0.25, -0.2) is 4.79 Å². The van der Waals surface area contributed by atoms with Gasteiger partial charge in [-0.2, -0.15) is 0 Å². The second-order valence-corrected chi connectivity index (χ2v) is 17.0. The zero-order chi connectivity index (χ0) is 52.3. The SMILES string of the molecule is CCC(=O)CCC(NC(=O)CCCCCCCCCCCCCCCCC(=O)O)C(=O)O.CCCOCCOCC(=O)NCCOCCOCC(=O)NCCCC[C@H](C)C(C)=O.NC(=O)C(N)CO. The van der Waals surface area contributed by atoms with Crippen LogP contribution in [-0.2, 0) is 57.3 Å². The molecule has 0 aromatic heterocycles. The van der Waals surface area contributed by atoms with E-state index in [4.69, 9.17) is 34.9 Å². The maximum Gasteiger partial charge on any atom is 0.326 e. The van der Waals surface area contributed by atoms with Crippen molar-refractivity contribution in [2.75, 3.05) is 72.6 Å². The lowest BCUT2D eigenvalue weighted by atomic mass is 10.0. The number of ether oxygens (including phenoxy) is 4. The Kier molecular flexibility index (Phi) is 51.9. The van der Waals surface area contributed by atoms with Crippen molar-refractivity contribution in [1.29, 1.82) is 0 Å². The Labute approximate surface area is 412 Å². The van der Waals surface area contributed by atoms with E-state index >= 15 is 0 Å². The molecule has 10 N–H and O–H groups in total. The number of carbonyl (C=O) groups is 8. The number of carbonyl (C=O) groups excluding carboxylic acids is 6. The van der Waals surface area contributed by atoms with Gasteiger partial charge in [-0.05, 0) is 45.4 Å². The highest BCUT2D eigenvalue weighted by Gasteiger charge is 2.20. The zero-order valence-electron chi connectivity index (χ0n) is 42.7. The van der Waals surface area contributed by atoms with E-state index in [0.717, 1.165) is 64.2 Å². The van der Waals surface area contributed by atoms with Gasteiger partial charge in [-0.15, -0.1) is 0 Å². The number of amides is 4. The van der Waals surface area contributed by atoms with Crippen molar-refractivity contribution in [3.05, 3.63) is 0 Å². The fourth-order valence-electron chi connectivity index (χ4n) is 6.06. The monoisotopic (exact) mass is 992 g/mol. The molecule has 0 bridgehead atoms. The second kappa shape index (κ2) is 51.8. The highest BCUT2D eigenvalue weighted by Crippen LogP contribution is 2.14. The van der Waals surface area contributed by atoms with Gasteiger partial charge >= 0.3 is 11.9 Å². The molecule has 69 heavy (non-hydrogen) atoms. The molecular formula is C49H93N5O15. The summed E-state index contributed by atoms with van der Waals surface area (Å²) in [6.07, 6.45) is 20.6. The zero-order valence-corrected chi connectivity index (χ0v) is 42.7.